The van der Waals surface area contributed by atoms with Gasteiger partial charge in [-0.15, -0.1) is 0 Å². The second-order valence-corrected chi connectivity index (χ2v) is 4.40. The van der Waals surface area contributed by atoms with E-state index in [4.69, 9.17) is 9.84 Å². The highest BCUT2D eigenvalue weighted by Gasteiger charge is 2.00. The van der Waals surface area contributed by atoms with E-state index >= 15 is 0 Å². The lowest BCUT2D eigenvalue weighted by Crippen LogP contribution is -1.97. The predicted molar refractivity (Wildman–Crippen MR) is 72.7 cm³/mol. The minimum Gasteiger partial charge on any atom is -0.489 e. The average molecular weight is 242 g/mol. The van der Waals surface area contributed by atoms with E-state index in [1.54, 1.807) is 0 Å². The van der Waals surface area contributed by atoms with Gasteiger partial charge in [0.25, 0.3) is 0 Å². The molecule has 0 aromatic heterocycles. The van der Waals surface area contributed by atoms with Gasteiger partial charge in [0.2, 0.25) is 0 Å². The molecule has 0 unspecified atom stereocenters. The summed E-state index contributed by atoms with van der Waals surface area (Å²) < 4.78 is 5.78. The number of aryl methyl sites for hydroxylation is 1. The van der Waals surface area contributed by atoms with Crippen LogP contribution in [0.15, 0.2) is 48.5 Å². The molecule has 2 nitrogen and oxygen atoms in total. The lowest BCUT2D eigenvalue weighted by Gasteiger charge is -2.09. The second kappa shape index (κ2) is 6.22. The van der Waals surface area contributed by atoms with Crippen molar-refractivity contribution in [2.45, 2.75) is 20.0 Å². The first-order valence-corrected chi connectivity index (χ1v) is 6.16. The van der Waals surface area contributed by atoms with Crippen molar-refractivity contribution in [3.05, 3.63) is 65.2 Å². The summed E-state index contributed by atoms with van der Waals surface area (Å²) in [4.78, 5) is 0. The highest BCUT2D eigenvalue weighted by molar-refractivity contribution is 5.34. The SMILES string of the molecule is Cc1cc(CCO)cc(OCc2ccccc2)c1. The van der Waals surface area contributed by atoms with Gasteiger partial charge in [-0.3, -0.25) is 0 Å². The highest BCUT2D eigenvalue weighted by Crippen LogP contribution is 2.18. The summed E-state index contributed by atoms with van der Waals surface area (Å²) in [6.45, 7) is 2.78. The number of hydrogen-bond acceptors (Lipinski definition) is 2. The van der Waals surface area contributed by atoms with Gasteiger partial charge in [0.15, 0.2) is 0 Å². The third kappa shape index (κ3) is 3.60. The minimum absolute atomic E-state index is 0.168. The van der Waals surface area contributed by atoms with Crippen LogP contribution >= 0.6 is 0 Å². The van der Waals surface area contributed by atoms with Gasteiger partial charge in [0.05, 0.1) is 0 Å². The lowest BCUT2D eigenvalue weighted by atomic mass is 10.1. The van der Waals surface area contributed by atoms with Crippen LogP contribution in [0.25, 0.3) is 0 Å². The summed E-state index contributed by atoms with van der Waals surface area (Å²) in [5, 5.41) is 8.97. The van der Waals surface area contributed by atoms with Crippen molar-refractivity contribution in [3.8, 4) is 5.75 Å². The van der Waals surface area contributed by atoms with E-state index in [1.807, 2.05) is 49.4 Å². The molecule has 0 fully saturated rings. The smallest absolute Gasteiger partial charge is 0.120 e. The van der Waals surface area contributed by atoms with Crippen molar-refractivity contribution in [2.24, 2.45) is 0 Å². The Balaban J connectivity index is 2.05. The molecule has 2 aromatic carbocycles. The molecule has 0 bridgehead atoms. The number of ether oxygens (including phenoxy) is 1. The Morgan fingerprint density at radius 1 is 1.00 bits per heavy atom. The highest BCUT2D eigenvalue weighted by atomic mass is 16.5. The number of rotatable bonds is 5. The second-order valence-electron chi connectivity index (χ2n) is 4.40. The van der Waals surface area contributed by atoms with Crippen molar-refractivity contribution in [1.82, 2.24) is 0 Å². The van der Waals surface area contributed by atoms with Gasteiger partial charge in [0, 0.05) is 6.61 Å². The molecule has 0 aliphatic rings. The molecule has 0 amide bonds. The van der Waals surface area contributed by atoms with Crippen molar-refractivity contribution < 1.29 is 9.84 Å². The fourth-order valence-electron chi connectivity index (χ4n) is 1.92. The Morgan fingerprint density at radius 2 is 1.78 bits per heavy atom. The van der Waals surface area contributed by atoms with Crippen LogP contribution in [0, 0.1) is 6.92 Å². The predicted octanol–water partition coefficient (Wildman–Crippen LogP) is 3.11. The molecule has 2 heteroatoms. The average Bonchev–Trinajstić information content (AvgIpc) is 2.37. The van der Waals surface area contributed by atoms with Gasteiger partial charge in [-0.05, 0) is 42.2 Å². The molecule has 0 saturated heterocycles. The molecule has 0 saturated carbocycles. The van der Waals surface area contributed by atoms with Gasteiger partial charge in [-0.2, -0.15) is 0 Å². The van der Waals surface area contributed by atoms with Gasteiger partial charge in [-0.1, -0.05) is 36.4 Å². The van der Waals surface area contributed by atoms with Gasteiger partial charge >= 0.3 is 0 Å². The van der Waals surface area contributed by atoms with Crippen LogP contribution in [0.1, 0.15) is 16.7 Å². The molecule has 0 radical (unpaired) electrons. The molecule has 0 aliphatic carbocycles. The molecule has 0 atom stereocenters. The van der Waals surface area contributed by atoms with E-state index in [9.17, 15) is 0 Å². The quantitative estimate of drug-likeness (QED) is 0.873. The first-order chi connectivity index (χ1) is 8.78. The molecule has 1 N–H and O–H groups in total. The number of aliphatic hydroxyl groups excluding tert-OH is 1. The Morgan fingerprint density at radius 3 is 2.50 bits per heavy atom. The van der Waals surface area contributed by atoms with E-state index < -0.39 is 0 Å². The molecule has 18 heavy (non-hydrogen) atoms. The summed E-state index contributed by atoms with van der Waals surface area (Å²) in [5.41, 5.74) is 3.42. The monoisotopic (exact) mass is 242 g/mol. The standard InChI is InChI=1S/C16H18O2/c1-13-9-15(7-8-17)11-16(10-13)18-12-14-5-3-2-4-6-14/h2-6,9-11,17H,7-8,12H2,1H3. The molecule has 0 spiro atoms. The summed E-state index contributed by atoms with van der Waals surface area (Å²) in [5.74, 6) is 0.863. The number of aliphatic hydroxyl groups is 1. The Hall–Kier alpha value is -1.80. The van der Waals surface area contributed by atoms with Crippen LogP contribution in [-0.4, -0.2) is 11.7 Å². The zero-order valence-electron chi connectivity index (χ0n) is 10.6. The van der Waals surface area contributed by atoms with E-state index in [0.717, 1.165) is 22.4 Å². The van der Waals surface area contributed by atoms with E-state index in [1.165, 1.54) is 0 Å². The summed E-state index contributed by atoms with van der Waals surface area (Å²) in [6, 6.07) is 16.2. The van der Waals surface area contributed by atoms with Gasteiger partial charge < -0.3 is 9.84 Å². The molecule has 2 rings (SSSR count). The summed E-state index contributed by atoms with van der Waals surface area (Å²) in [7, 11) is 0. The normalized spacial score (nSPS) is 10.3. The molecular weight excluding hydrogens is 224 g/mol. The topological polar surface area (TPSA) is 29.5 Å². The van der Waals surface area contributed by atoms with E-state index in [0.29, 0.717) is 13.0 Å². The Labute approximate surface area is 108 Å². The van der Waals surface area contributed by atoms with Gasteiger partial charge in [-0.25, -0.2) is 0 Å². The van der Waals surface area contributed by atoms with Crippen LogP contribution in [0.2, 0.25) is 0 Å². The maximum absolute atomic E-state index is 8.97. The van der Waals surface area contributed by atoms with Crippen LogP contribution in [0.5, 0.6) is 5.75 Å². The van der Waals surface area contributed by atoms with Gasteiger partial charge in [0.1, 0.15) is 12.4 Å². The van der Waals surface area contributed by atoms with E-state index in [-0.39, 0.29) is 6.61 Å². The fourth-order valence-corrected chi connectivity index (χ4v) is 1.92. The first kappa shape index (κ1) is 12.7. The summed E-state index contributed by atoms with van der Waals surface area (Å²) >= 11 is 0. The van der Waals surface area contributed by atoms with Crippen molar-refractivity contribution in [2.75, 3.05) is 6.61 Å². The minimum atomic E-state index is 0.168. The largest absolute Gasteiger partial charge is 0.489 e. The Bertz CT molecular complexity index is 492. The molecular formula is C16H18O2. The van der Waals surface area contributed by atoms with Crippen molar-refractivity contribution in [1.29, 1.82) is 0 Å². The zero-order valence-corrected chi connectivity index (χ0v) is 10.6. The van der Waals surface area contributed by atoms with Crippen LogP contribution < -0.4 is 4.74 Å². The van der Waals surface area contributed by atoms with Crippen LogP contribution in [0.4, 0.5) is 0 Å². The summed E-state index contributed by atoms with van der Waals surface area (Å²) in [6.07, 6.45) is 0.670. The zero-order chi connectivity index (χ0) is 12.8. The molecule has 94 valence electrons. The maximum atomic E-state index is 8.97. The van der Waals surface area contributed by atoms with Crippen LogP contribution in [0.3, 0.4) is 0 Å². The number of hydrogen-bond donors (Lipinski definition) is 1. The number of benzene rings is 2. The third-order valence-electron chi connectivity index (χ3n) is 2.76. The van der Waals surface area contributed by atoms with E-state index in [2.05, 4.69) is 6.07 Å². The lowest BCUT2D eigenvalue weighted by molar-refractivity contribution is 0.296. The first-order valence-electron chi connectivity index (χ1n) is 6.16. The fraction of sp³-hybridized carbons (Fsp3) is 0.250. The Kier molecular flexibility index (Phi) is 4.37. The van der Waals surface area contributed by atoms with Crippen molar-refractivity contribution >= 4 is 0 Å². The molecule has 2 aromatic rings. The maximum Gasteiger partial charge on any atom is 0.120 e. The van der Waals surface area contributed by atoms with Crippen LogP contribution in [-0.2, 0) is 13.0 Å². The molecule has 0 aliphatic heterocycles. The molecule has 0 heterocycles. The third-order valence-corrected chi connectivity index (χ3v) is 2.76. The van der Waals surface area contributed by atoms with Crippen molar-refractivity contribution in [3.63, 3.8) is 0 Å².